The average Bonchev–Trinajstić information content (AvgIpc) is 2.82. The predicted molar refractivity (Wildman–Crippen MR) is 76.3 cm³/mol. The van der Waals surface area contributed by atoms with E-state index in [1.807, 2.05) is 12.1 Å². The summed E-state index contributed by atoms with van der Waals surface area (Å²) in [5, 5.41) is 3.76. The highest BCUT2D eigenvalue weighted by atomic mass is 19.1. The summed E-state index contributed by atoms with van der Waals surface area (Å²) in [7, 11) is 0. The zero-order valence-corrected chi connectivity index (χ0v) is 12.2. The smallest absolute Gasteiger partial charge is 0.123 e. The number of nitrogens with one attached hydrogen (secondary N) is 1. The van der Waals surface area contributed by atoms with Crippen LogP contribution in [-0.2, 0) is 6.54 Å². The Kier molecular flexibility index (Phi) is 2.97. The standard InChI is InChI=1S/C17H24FN/c1-16(2)13-8-9-17(3,10-13)15(16)19-11-12-4-6-14(18)7-5-12/h4-7,13,15,19H,8-11H2,1-3H3. The quantitative estimate of drug-likeness (QED) is 0.862. The molecule has 19 heavy (non-hydrogen) atoms. The van der Waals surface area contributed by atoms with Crippen LogP contribution in [0.15, 0.2) is 24.3 Å². The van der Waals surface area contributed by atoms with E-state index in [2.05, 4.69) is 26.1 Å². The Morgan fingerprint density at radius 1 is 1.21 bits per heavy atom. The van der Waals surface area contributed by atoms with Gasteiger partial charge >= 0.3 is 0 Å². The number of halogens is 1. The first-order chi connectivity index (χ1) is 8.92. The molecule has 1 aromatic rings. The third-order valence-corrected chi connectivity index (χ3v) is 5.69. The van der Waals surface area contributed by atoms with Crippen LogP contribution in [0, 0.1) is 22.6 Å². The molecule has 1 aromatic carbocycles. The lowest BCUT2D eigenvalue weighted by Crippen LogP contribution is -2.49. The van der Waals surface area contributed by atoms with E-state index in [0.717, 1.165) is 12.5 Å². The molecule has 3 atom stereocenters. The second-order valence-electron chi connectivity index (χ2n) is 7.36. The van der Waals surface area contributed by atoms with Gasteiger partial charge in [0.1, 0.15) is 5.82 Å². The number of benzene rings is 1. The van der Waals surface area contributed by atoms with Gasteiger partial charge in [0.25, 0.3) is 0 Å². The lowest BCUT2D eigenvalue weighted by atomic mass is 9.68. The molecule has 0 aromatic heterocycles. The van der Waals surface area contributed by atoms with Gasteiger partial charge in [0.2, 0.25) is 0 Å². The normalized spacial score (nSPS) is 35.8. The van der Waals surface area contributed by atoms with Crippen LogP contribution in [0.4, 0.5) is 4.39 Å². The Morgan fingerprint density at radius 3 is 2.47 bits per heavy atom. The SMILES string of the molecule is CC12CCC(C1)C(C)(C)C2NCc1ccc(F)cc1. The number of rotatable bonds is 3. The fourth-order valence-electron chi connectivity index (χ4n) is 4.63. The molecule has 2 fully saturated rings. The molecular formula is C17H24FN. The van der Waals surface area contributed by atoms with Crippen molar-refractivity contribution < 1.29 is 4.39 Å². The molecule has 2 bridgehead atoms. The van der Waals surface area contributed by atoms with Crippen molar-refractivity contribution in [2.45, 2.75) is 52.6 Å². The van der Waals surface area contributed by atoms with Crippen molar-refractivity contribution in [2.24, 2.45) is 16.7 Å². The summed E-state index contributed by atoms with van der Waals surface area (Å²) >= 11 is 0. The van der Waals surface area contributed by atoms with Crippen LogP contribution < -0.4 is 5.32 Å². The van der Waals surface area contributed by atoms with Crippen LogP contribution in [0.1, 0.15) is 45.6 Å². The minimum atomic E-state index is -0.157. The van der Waals surface area contributed by atoms with Crippen molar-refractivity contribution in [1.29, 1.82) is 0 Å². The van der Waals surface area contributed by atoms with Crippen molar-refractivity contribution in [3.05, 3.63) is 35.6 Å². The highest BCUT2D eigenvalue weighted by Crippen LogP contribution is 2.62. The zero-order chi connectivity index (χ0) is 13.7. The van der Waals surface area contributed by atoms with Crippen LogP contribution in [0.2, 0.25) is 0 Å². The van der Waals surface area contributed by atoms with Gasteiger partial charge < -0.3 is 5.32 Å². The van der Waals surface area contributed by atoms with E-state index >= 15 is 0 Å². The maximum atomic E-state index is 12.9. The molecule has 0 aliphatic heterocycles. The predicted octanol–water partition coefficient (Wildman–Crippen LogP) is 4.13. The number of hydrogen-bond donors (Lipinski definition) is 1. The van der Waals surface area contributed by atoms with Crippen LogP contribution in [0.3, 0.4) is 0 Å². The van der Waals surface area contributed by atoms with Crippen molar-refractivity contribution in [2.75, 3.05) is 0 Å². The molecule has 0 amide bonds. The lowest BCUT2D eigenvalue weighted by molar-refractivity contribution is 0.108. The summed E-state index contributed by atoms with van der Waals surface area (Å²) in [6.45, 7) is 8.09. The van der Waals surface area contributed by atoms with Gasteiger partial charge in [-0.1, -0.05) is 32.9 Å². The van der Waals surface area contributed by atoms with Crippen LogP contribution >= 0.6 is 0 Å². The Bertz CT molecular complexity index is 460. The fraction of sp³-hybridized carbons (Fsp3) is 0.647. The molecule has 1 nitrogen and oxygen atoms in total. The summed E-state index contributed by atoms with van der Waals surface area (Å²) < 4.78 is 12.9. The third kappa shape index (κ3) is 2.10. The monoisotopic (exact) mass is 261 g/mol. The summed E-state index contributed by atoms with van der Waals surface area (Å²) in [6.07, 6.45) is 4.10. The Morgan fingerprint density at radius 2 is 1.89 bits per heavy atom. The number of hydrogen-bond acceptors (Lipinski definition) is 1. The van der Waals surface area contributed by atoms with Crippen LogP contribution in [0.5, 0.6) is 0 Å². The highest BCUT2D eigenvalue weighted by molar-refractivity contribution is 5.17. The second kappa shape index (κ2) is 4.31. The maximum absolute atomic E-state index is 12.9. The van der Waals surface area contributed by atoms with E-state index in [0.29, 0.717) is 16.9 Å². The minimum absolute atomic E-state index is 0.157. The minimum Gasteiger partial charge on any atom is -0.309 e. The van der Waals surface area contributed by atoms with Gasteiger partial charge in [-0.15, -0.1) is 0 Å². The second-order valence-corrected chi connectivity index (χ2v) is 7.36. The van der Waals surface area contributed by atoms with Crippen LogP contribution in [-0.4, -0.2) is 6.04 Å². The highest BCUT2D eigenvalue weighted by Gasteiger charge is 2.58. The maximum Gasteiger partial charge on any atom is 0.123 e. The lowest BCUT2D eigenvalue weighted by Gasteiger charge is -2.43. The topological polar surface area (TPSA) is 12.0 Å². The molecule has 2 heteroatoms. The molecule has 0 saturated heterocycles. The Labute approximate surface area is 115 Å². The van der Waals surface area contributed by atoms with E-state index in [1.165, 1.54) is 24.8 Å². The first-order valence-corrected chi connectivity index (χ1v) is 7.40. The molecule has 0 heterocycles. The van der Waals surface area contributed by atoms with Gasteiger partial charge in [-0.25, -0.2) is 4.39 Å². The van der Waals surface area contributed by atoms with E-state index in [1.54, 1.807) is 12.1 Å². The van der Waals surface area contributed by atoms with Crippen molar-refractivity contribution in [3.63, 3.8) is 0 Å². The van der Waals surface area contributed by atoms with Gasteiger partial charge in [-0.2, -0.15) is 0 Å². The van der Waals surface area contributed by atoms with Gasteiger partial charge in [-0.3, -0.25) is 0 Å². The molecular weight excluding hydrogens is 237 g/mol. The van der Waals surface area contributed by atoms with Gasteiger partial charge in [-0.05, 0) is 53.7 Å². The average molecular weight is 261 g/mol. The van der Waals surface area contributed by atoms with Gasteiger partial charge in [0.05, 0.1) is 0 Å². The summed E-state index contributed by atoms with van der Waals surface area (Å²) in [5.41, 5.74) is 2.00. The third-order valence-electron chi connectivity index (χ3n) is 5.69. The van der Waals surface area contributed by atoms with E-state index in [9.17, 15) is 4.39 Å². The molecule has 0 spiro atoms. The molecule has 0 radical (unpaired) electrons. The van der Waals surface area contributed by atoms with Crippen molar-refractivity contribution >= 4 is 0 Å². The fourth-order valence-corrected chi connectivity index (χ4v) is 4.63. The molecule has 2 aliphatic rings. The van der Waals surface area contributed by atoms with Crippen molar-refractivity contribution in [1.82, 2.24) is 5.32 Å². The molecule has 2 saturated carbocycles. The Hall–Kier alpha value is -0.890. The molecule has 2 aliphatic carbocycles. The Balaban J connectivity index is 1.71. The molecule has 3 rings (SSSR count). The van der Waals surface area contributed by atoms with E-state index < -0.39 is 0 Å². The first kappa shape index (κ1) is 13.1. The molecule has 1 N–H and O–H groups in total. The van der Waals surface area contributed by atoms with Crippen LogP contribution in [0.25, 0.3) is 0 Å². The van der Waals surface area contributed by atoms with E-state index in [4.69, 9.17) is 0 Å². The summed E-state index contributed by atoms with van der Waals surface area (Å²) in [5.74, 6) is 0.708. The zero-order valence-electron chi connectivity index (χ0n) is 12.2. The largest absolute Gasteiger partial charge is 0.309 e. The summed E-state index contributed by atoms with van der Waals surface area (Å²) in [4.78, 5) is 0. The van der Waals surface area contributed by atoms with Gasteiger partial charge in [0, 0.05) is 12.6 Å². The molecule has 104 valence electrons. The van der Waals surface area contributed by atoms with E-state index in [-0.39, 0.29) is 5.82 Å². The van der Waals surface area contributed by atoms with Gasteiger partial charge in [0.15, 0.2) is 0 Å². The molecule has 3 unspecified atom stereocenters. The number of fused-ring (bicyclic) bond motifs is 2. The summed E-state index contributed by atoms with van der Waals surface area (Å²) in [6, 6.07) is 7.43. The van der Waals surface area contributed by atoms with Crippen molar-refractivity contribution in [3.8, 4) is 0 Å². The first-order valence-electron chi connectivity index (χ1n) is 7.40.